The van der Waals surface area contributed by atoms with Gasteiger partial charge in [0.15, 0.2) is 5.78 Å². The molecule has 0 saturated heterocycles. The second-order valence-electron chi connectivity index (χ2n) is 10.5. The van der Waals surface area contributed by atoms with E-state index in [9.17, 15) is 4.79 Å². The van der Waals surface area contributed by atoms with Gasteiger partial charge in [-0.3, -0.25) is 4.79 Å². The van der Waals surface area contributed by atoms with Crippen molar-refractivity contribution in [2.24, 2.45) is 0 Å². The van der Waals surface area contributed by atoms with Crippen LogP contribution < -0.4 is 10.6 Å². The van der Waals surface area contributed by atoms with Gasteiger partial charge < -0.3 is 10.6 Å². The fourth-order valence-electron chi connectivity index (χ4n) is 4.33. The molecule has 0 amide bonds. The minimum Gasteiger partial charge on any atom is -0.359 e. The number of anilines is 2. The summed E-state index contributed by atoms with van der Waals surface area (Å²) in [7, 11) is 0. The zero-order valence-corrected chi connectivity index (χ0v) is 22.8. The van der Waals surface area contributed by atoms with Crippen LogP contribution in [0.5, 0.6) is 0 Å². The Hall–Kier alpha value is -2.81. The molecule has 2 rings (SSSR count). The summed E-state index contributed by atoms with van der Waals surface area (Å²) in [5, 5.41) is 7.07. The van der Waals surface area contributed by atoms with Crippen molar-refractivity contribution in [1.29, 1.82) is 0 Å². The van der Waals surface area contributed by atoms with Gasteiger partial charge in [0.1, 0.15) is 0 Å². The van der Waals surface area contributed by atoms with E-state index in [0.717, 1.165) is 22.8 Å². The minimum atomic E-state index is -0.0312. The molecule has 0 aliphatic rings. The smallest absolute Gasteiger partial charge is 0.182 e. The van der Waals surface area contributed by atoms with Crippen molar-refractivity contribution in [3.05, 3.63) is 82.2 Å². The molecule has 0 aliphatic heterocycles. The van der Waals surface area contributed by atoms with Crippen LogP contribution >= 0.6 is 0 Å². The average molecular weight is 461 g/mol. The van der Waals surface area contributed by atoms with Crippen LogP contribution in [0.15, 0.2) is 59.9 Å². The van der Waals surface area contributed by atoms with Gasteiger partial charge in [0.25, 0.3) is 0 Å². The van der Waals surface area contributed by atoms with Crippen LogP contribution in [0.25, 0.3) is 0 Å². The van der Waals surface area contributed by atoms with E-state index in [0.29, 0.717) is 23.7 Å². The van der Waals surface area contributed by atoms with Crippen LogP contribution in [0.1, 0.15) is 115 Å². The quantitative estimate of drug-likeness (QED) is 0.347. The first-order chi connectivity index (χ1) is 15.9. The molecule has 0 bridgehead atoms. The monoisotopic (exact) mass is 460 g/mol. The fraction of sp³-hybridized carbons (Fsp3) is 0.452. The molecule has 0 heterocycles. The van der Waals surface area contributed by atoms with E-state index in [4.69, 9.17) is 0 Å². The van der Waals surface area contributed by atoms with Gasteiger partial charge in [-0.1, -0.05) is 91.8 Å². The first-order valence-electron chi connectivity index (χ1n) is 12.6. The number of nitrogens with one attached hydrogen (secondary N) is 2. The lowest BCUT2D eigenvalue weighted by molar-refractivity contribution is -0.110. The minimum absolute atomic E-state index is 0.0312. The predicted octanol–water partition coefficient (Wildman–Crippen LogP) is 9.08. The SMILES string of the molecule is CC(=CC(=O)/C=C(/C)Nc1c(C(C)C)cccc1C(C)C)Nc1c(C(C)C)cccc1C(C)C. The Morgan fingerprint density at radius 1 is 0.588 bits per heavy atom. The molecule has 3 nitrogen and oxygen atoms in total. The van der Waals surface area contributed by atoms with E-state index in [1.165, 1.54) is 22.3 Å². The Labute approximate surface area is 207 Å². The molecule has 34 heavy (non-hydrogen) atoms. The Balaban J connectivity index is 2.29. The number of carbonyl (C=O) groups is 1. The molecule has 0 fully saturated rings. The van der Waals surface area contributed by atoms with E-state index < -0.39 is 0 Å². The second-order valence-corrected chi connectivity index (χ2v) is 10.5. The molecule has 0 aliphatic carbocycles. The van der Waals surface area contributed by atoms with Crippen molar-refractivity contribution in [3.8, 4) is 0 Å². The van der Waals surface area contributed by atoms with Gasteiger partial charge in [-0.2, -0.15) is 0 Å². The highest BCUT2D eigenvalue weighted by Gasteiger charge is 2.15. The molecule has 184 valence electrons. The van der Waals surface area contributed by atoms with Gasteiger partial charge in [0.05, 0.1) is 0 Å². The Morgan fingerprint density at radius 3 is 1.09 bits per heavy atom. The lowest BCUT2D eigenvalue weighted by atomic mass is 9.92. The van der Waals surface area contributed by atoms with Crippen molar-refractivity contribution in [1.82, 2.24) is 0 Å². The Kier molecular flexibility index (Phi) is 9.73. The van der Waals surface area contributed by atoms with Crippen molar-refractivity contribution < 1.29 is 4.79 Å². The number of para-hydroxylation sites is 2. The maximum absolute atomic E-state index is 12.9. The zero-order chi connectivity index (χ0) is 25.6. The Bertz CT molecular complexity index is 919. The van der Waals surface area contributed by atoms with Crippen LogP contribution in [0.4, 0.5) is 11.4 Å². The molecule has 0 unspecified atom stereocenters. The van der Waals surface area contributed by atoms with E-state index in [2.05, 4.69) is 102 Å². The average Bonchev–Trinajstić information content (AvgIpc) is 2.72. The molecule has 2 aromatic carbocycles. The first-order valence-corrected chi connectivity index (χ1v) is 12.6. The maximum Gasteiger partial charge on any atom is 0.182 e. The molecule has 2 aromatic rings. The number of ketones is 1. The van der Waals surface area contributed by atoms with E-state index in [-0.39, 0.29) is 5.78 Å². The summed E-state index contributed by atoms with van der Waals surface area (Å²) < 4.78 is 0. The highest BCUT2D eigenvalue weighted by molar-refractivity contribution is 6.00. The van der Waals surface area contributed by atoms with Crippen LogP contribution in [-0.4, -0.2) is 5.78 Å². The Morgan fingerprint density at radius 2 is 0.853 bits per heavy atom. The van der Waals surface area contributed by atoms with Crippen LogP contribution in [0.3, 0.4) is 0 Å². The predicted molar refractivity (Wildman–Crippen MR) is 149 cm³/mol. The third-order valence-electron chi connectivity index (χ3n) is 6.11. The third-order valence-corrected chi connectivity index (χ3v) is 6.11. The molecular formula is C31H44N2O. The van der Waals surface area contributed by atoms with Crippen molar-refractivity contribution >= 4 is 17.2 Å². The molecule has 0 spiro atoms. The summed E-state index contributed by atoms with van der Waals surface area (Å²) in [6.07, 6.45) is 3.37. The highest BCUT2D eigenvalue weighted by Crippen LogP contribution is 2.34. The highest BCUT2D eigenvalue weighted by atomic mass is 16.1. The summed E-state index contributed by atoms with van der Waals surface area (Å²) in [6, 6.07) is 12.9. The van der Waals surface area contributed by atoms with Gasteiger partial charge in [-0.25, -0.2) is 0 Å². The van der Waals surface area contributed by atoms with Crippen molar-refractivity contribution in [3.63, 3.8) is 0 Å². The van der Waals surface area contributed by atoms with Gasteiger partial charge in [-0.15, -0.1) is 0 Å². The third kappa shape index (κ3) is 7.09. The van der Waals surface area contributed by atoms with Crippen molar-refractivity contribution in [2.45, 2.75) is 92.9 Å². The lowest BCUT2D eigenvalue weighted by Crippen LogP contribution is -2.08. The second kappa shape index (κ2) is 12.1. The molecular weight excluding hydrogens is 416 g/mol. The number of rotatable bonds is 10. The topological polar surface area (TPSA) is 41.1 Å². The summed E-state index contributed by atoms with van der Waals surface area (Å²) in [5.41, 5.74) is 9.01. The lowest BCUT2D eigenvalue weighted by Gasteiger charge is -2.21. The molecule has 2 N–H and O–H groups in total. The van der Waals surface area contributed by atoms with Gasteiger partial charge in [-0.05, 0) is 59.8 Å². The van der Waals surface area contributed by atoms with E-state index in [1.807, 2.05) is 13.8 Å². The number of carbonyl (C=O) groups excluding carboxylic acids is 1. The first kappa shape index (κ1) is 27.4. The zero-order valence-electron chi connectivity index (χ0n) is 22.8. The fourth-order valence-corrected chi connectivity index (χ4v) is 4.33. The largest absolute Gasteiger partial charge is 0.359 e. The van der Waals surface area contributed by atoms with Gasteiger partial charge in [0, 0.05) is 34.9 Å². The van der Waals surface area contributed by atoms with Crippen LogP contribution in [0, 0.1) is 0 Å². The normalized spacial score (nSPS) is 12.8. The molecule has 0 saturated carbocycles. The molecule has 0 atom stereocenters. The summed E-state index contributed by atoms with van der Waals surface area (Å²) in [6.45, 7) is 21.5. The van der Waals surface area contributed by atoms with E-state index >= 15 is 0 Å². The number of benzene rings is 2. The summed E-state index contributed by atoms with van der Waals surface area (Å²) >= 11 is 0. The van der Waals surface area contributed by atoms with Crippen LogP contribution in [0.2, 0.25) is 0 Å². The summed E-state index contributed by atoms with van der Waals surface area (Å²) in [5.74, 6) is 1.55. The molecule has 0 aromatic heterocycles. The van der Waals surface area contributed by atoms with E-state index in [1.54, 1.807) is 12.2 Å². The summed E-state index contributed by atoms with van der Waals surface area (Å²) in [4.78, 5) is 12.9. The van der Waals surface area contributed by atoms with Gasteiger partial charge in [0.2, 0.25) is 0 Å². The van der Waals surface area contributed by atoms with Crippen molar-refractivity contribution in [2.75, 3.05) is 10.6 Å². The van der Waals surface area contributed by atoms with Gasteiger partial charge >= 0.3 is 0 Å². The number of hydrogen-bond acceptors (Lipinski definition) is 3. The molecule has 3 heteroatoms. The standard InChI is InChI=1S/C31H44N2O/c1-19(2)26-13-11-14-27(20(3)4)30(26)32-23(9)17-25(34)18-24(10)33-31-28(21(5)6)15-12-16-29(31)22(7)8/h11-22,32-33H,1-10H3/b23-17-,24-18?. The number of allylic oxidation sites excluding steroid dienone is 4. The molecule has 0 radical (unpaired) electrons. The number of hydrogen-bond donors (Lipinski definition) is 2. The van der Waals surface area contributed by atoms with Crippen LogP contribution in [-0.2, 0) is 4.79 Å². The maximum atomic E-state index is 12.9.